The summed E-state index contributed by atoms with van der Waals surface area (Å²) in [5.41, 5.74) is 1.60. The SMILES string of the molecule is Cc1ccc(C(=O)NCCCCCCCl)c(Cl)c1. The minimum atomic E-state index is -0.0997. The first kappa shape index (κ1) is 15.3. The van der Waals surface area contributed by atoms with E-state index in [0.29, 0.717) is 23.0 Å². The van der Waals surface area contributed by atoms with Crippen molar-refractivity contribution in [2.24, 2.45) is 0 Å². The minimum Gasteiger partial charge on any atom is -0.352 e. The Morgan fingerprint density at radius 3 is 2.61 bits per heavy atom. The summed E-state index contributed by atoms with van der Waals surface area (Å²) in [6, 6.07) is 5.46. The van der Waals surface area contributed by atoms with Crippen molar-refractivity contribution < 1.29 is 4.79 Å². The van der Waals surface area contributed by atoms with Crippen LogP contribution < -0.4 is 5.32 Å². The molecule has 0 aliphatic rings. The zero-order chi connectivity index (χ0) is 13.4. The lowest BCUT2D eigenvalue weighted by molar-refractivity contribution is 0.0953. The van der Waals surface area contributed by atoms with Gasteiger partial charge in [0, 0.05) is 12.4 Å². The molecule has 0 heterocycles. The number of halogens is 2. The van der Waals surface area contributed by atoms with Gasteiger partial charge in [0.2, 0.25) is 0 Å². The Morgan fingerprint density at radius 2 is 1.94 bits per heavy atom. The Kier molecular flexibility index (Phi) is 7.14. The highest BCUT2D eigenvalue weighted by atomic mass is 35.5. The number of nitrogens with one attached hydrogen (secondary N) is 1. The molecule has 2 nitrogen and oxygen atoms in total. The van der Waals surface area contributed by atoms with Crippen molar-refractivity contribution in [1.82, 2.24) is 5.32 Å². The molecule has 0 atom stereocenters. The van der Waals surface area contributed by atoms with E-state index in [9.17, 15) is 4.79 Å². The molecule has 18 heavy (non-hydrogen) atoms. The maximum atomic E-state index is 11.8. The molecule has 0 bridgehead atoms. The minimum absolute atomic E-state index is 0.0997. The van der Waals surface area contributed by atoms with Crippen LogP contribution in [0.2, 0.25) is 5.02 Å². The number of alkyl halides is 1. The van der Waals surface area contributed by atoms with Crippen molar-refractivity contribution >= 4 is 29.1 Å². The zero-order valence-electron chi connectivity index (χ0n) is 10.6. The van der Waals surface area contributed by atoms with Crippen LogP contribution in [0.4, 0.5) is 0 Å². The Bertz CT molecular complexity index is 393. The Balaban J connectivity index is 2.32. The third kappa shape index (κ3) is 5.28. The fourth-order valence-corrected chi connectivity index (χ4v) is 2.18. The van der Waals surface area contributed by atoms with Crippen LogP contribution in [0.3, 0.4) is 0 Å². The highest BCUT2D eigenvalue weighted by Gasteiger charge is 2.09. The van der Waals surface area contributed by atoms with Crippen LogP contribution in [-0.2, 0) is 0 Å². The van der Waals surface area contributed by atoms with Crippen molar-refractivity contribution in [2.45, 2.75) is 32.6 Å². The maximum absolute atomic E-state index is 11.8. The number of hydrogen-bond donors (Lipinski definition) is 1. The van der Waals surface area contributed by atoms with Crippen molar-refractivity contribution in [3.05, 3.63) is 34.3 Å². The third-order valence-electron chi connectivity index (χ3n) is 2.72. The van der Waals surface area contributed by atoms with Crippen LogP contribution in [0.15, 0.2) is 18.2 Å². The molecule has 0 spiro atoms. The van der Waals surface area contributed by atoms with Gasteiger partial charge in [-0.25, -0.2) is 0 Å². The molecule has 1 amide bonds. The summed E-state index contributed by atoms with van der Waals surface area (Å²) in [7, 11) is 0. The molecule has 1 aromatic rings. The summed E-state index contributed by atoms with van der Waals surface area (Å²) >= 11 is 11.6. The van der Waals surface area contributed by atoms with Gasteiger partial charge in [0.05, 0.1) is 10.6 Å². The van der Waals surface area contributed by atoms with Crippen molar-refractivity contribution in [2.75, 3.05) is 12.4 Å². The van der Waals surface area contributed by atoms with E-state index in [0.717, 1.165) is 31.2 Å². The van der Waals surface area contributed by atoms with Gasteiger partial charge >= 0.3 is 0 Å². The van der Waals surface area contributed by atoms with E-state index < -0.39 is 0 Å². The number of benzene rings is 1. The van der Waals surface area contributed by atoms with Crippen LogP contribution >= 0.6 is 23.2 Å². The molecular formula is C14H19Cl2NO. The van der Waals surface area contributed by atoms with E-state index >= 15 is 0 Å². The van der Waals surface area contributed by atoms with Gasteiger partial charge < -0.3 is 5.32 Å². The topological polar surface area (TPSA) is 29.1 Å². The maximum Gasteiger partial charge on any atom is 0.252 e. The summed E-state index contributed by atoms with van der Waals surface area (Å²) in [5, 5.41) is 3.39. The quantitative estimate of drug-likeness (QED) is 0.592. The lowest BCUT2D eigenvalue weighted by atomic mass is 10.1. The second-order valence-corrected chi connectivity index (χ2v) is 5.13. The van der Waals surface area contributed by atoms with Gasteiger partial charge in [0.15, 0.2) is 0 Å². The monoisotopic (exact) mass is 287 g/mol. The first-order chi connectivity index (χ1) is 8.65. The average Bonchev–Trinajstić information content (AvgIpc) is 2.33. The highest BCUT2D eigenvalue weighted by molar-refractivity contribution is 6.33. The molecule has 0 radical (unpaired) electrons. The van der Waals surface area contributed by atoms with Gasteiger partial charge in [-0.2, -0.15) is 0 Å². The molecular weight excluding hydrogens is 269 g/mol. The molecule has 1 rings (SSSR count). The normalized spacial score (nSPS) is 10.4. The van der Waals surface area contributed by atoms with E-state index in [4.69, 9.17) is 23.2 Å². The number of aryl methyl sites for hydroxylation is 1. The van der Waals surface area contributed by atoms with Crippen molar-refractivity contribution in [1.29, 1.82) is 0 Å². The van der Waals surface area contributed by atoms with Crippen LogP contribution in [0.25, 0.3) is 0 Å². The van der Waals surface area contributed by atoms with E-state index in [1.807, 2.05) is 13.0 Å². The van der Waals surface area contributed by atoms with E-state index in [1.54, 1.807) is 12.1 Å². The van der Waals surface area contributed by atoms with Gasteiger partial charge in [0.1, 0.15) is 0 Å². The van der Waals surface area contributed by atoms with E-state index in [-0.39, 0.29) is 5.91 Å². The fourth-order valence-electron chi connectivity index (χ4n) is 1.67. The number of carbonyl (C=O) groups is 1. The molecule has 0 aliphatic carbocycles. The smallest absolute Gasteiger partial charge is 0.252 e. The molecule has 4 heteroatoms. The molecule has 1 aromatic carbocycles. The number of hydrogen-bond acceptors (Lipinski definition) is 1. The summed E-state index contributed by atoms with van der Waals surface area (Å²) in [4.78, 5) is 11.8. The zero-order valence-corrected chi connectivity index (χ0v) is 12.2. The van der Waals surface area contributed by atoms with Gasteiger partial charge in [-0.3, -0.25) is 4.79 Å². The van der Waals surface area contributed by atoms with E-state index in [2.05, 4.69) is 5.32 Å². The van der Waals surface area contributed by atoms with Gasteiger partial charge in [-0.05, 0) is 37.5 Å². The lowest BCUT2D eigenvalue weighted by Crippen LogP contribution is -2.24. The standard InChI is InChI=1S/C14H19Cl2NO/c1-11-6-7-12(13(16)10-11)14(18)17-9-5-3-2-4-8-15/h6-7,10H,2-5,8-9H2,1H3,(H,17,18). The summed E-state index contributed by atoms with van der Waals surface area (Å²) in [6.07, 6.45) is 4.23. The first-order valence-electron chi connectivity index (χ1n) is 6.25. The number of amides is 1. The summed E-state index contributed by atoms with van der Waals surface area (Å²) in [5.74, 6) is 0.614. The van der Waals surface area contributed by atoms with Crippen molar-refractivity contribution in [3.8, 4) is 0 Å². The predicted octanol–water partition coefficient (Wildman–Crippen LogP) is 4.18. The van der Waals surface area contributed by atoms with Gasteiger partial charge in [-0.15, -0.1) is 11.6 Å². The predicted molar refractivity (Wildman–Crippen MR) is 77.7 cm³/mol. The molecule has 100 valence electrons. The summed E-state index contributed by atoms with van der Waals surface area (Å²) < 4.78 is 0. The van der Waals surface area contributed by atoms with Gasteiger partial charge in [0.25, 0.3) is 5.91 Å². The van der Waals surface area contributed by atoms with Crippen molar-refractivity contribution in [3.63, 3.8) is 0 Å². The Labute approximate surface area is 119 Å². The lowest BCUT2D eigenvalue weighted by Gasteiger charge is -2.07. The second-order valence-electron chi connectivity index (χ2n) is 4.34. The fraction of sp³-hybridized carbons (Fsp3) is 0.500. The van der Waals surface area contributed by atoms with Crippen LogP contribution in [0, 0.1) is 6.92 Å². The Morgan fingerprint density at radius 1 is 1.22 bits per heavy atom. The molecule has 0 saturated carbocycles. The molecule has 0 fully saturated rings. The first-order valence-corrected chi connectivity index (χ1v) is 7.16. The molecule has 0 unspecified atom stereocenters. The van der Waals surface area contributed by atoms with Crippen LogP contribution in [0.5, 0.6) is 0 Å². The average molecular weight is 288 g/mol. The number of rotatable bonds is 7. The molecule has 0 aromatic heterocycles. The largest absolute Gasteiger partial charge is 0.352 e. The number of unbranched alkanes of at least 4 members (excludes halogenated alkanes) is 3. The van der Waals surface area contributed by atoms with Crippen LogP contribution in [-0.4, -0.2) is 18.3 Å². The second kappa shape index (κ2) is 8.39. The number of carbonyl (C=O) groups excluding carboxylic acids is 1. The molecule has 0 aliphatic heterocycles. The Hall–Kier alpha value is -0.730. The van der Waals surface area contributed by atoms with Gasteiger partial charge in [-0.1, -0.05) is 30.5 Å². The molecule has 1 N–H and O–H groups in total. The summed E-state index contributed by atoms with van der Waals surface area (Å²) in [6.45, 7) is 2.63. The van der Waals surface area contributed by atoms with E-state index in [1.165, 1.54) is 0 Å². The third-order valence-corrected chi connectivity index (χ3v) is 3.30. The molecule has 0 saturated heterocycles. The highest BCUT2D eigenvalue weighted by Crippen LogP contribution is 2.17. The van der Waals surface area contributed by atoms with Crippen LogP contribution in [0.1, 0.15) is 41.6 Å².